The average molecular weight is 303 g/mol. The van der Waals surface area contributed by atoms with Crippen LogP contribution in [0.3, 0.4) is 0 Å². The van der Waals surface area contributed by atoms with E-state index in [9.17, 15) is 8.42 Å². The van der Waals surface area contributed by atoms with Crippen molar-refractivity contribution in [2.45, 2.75) is 11.6 Å². The molecule has 1 aromatic carbocycles. The van der Waals surface area contributed by atoms with Crippen molar-refractivity contribution in [3.05, 3.63) is 48.3 Å². The Bertz CT molecular complexity index is 888. The highest BCUT2D eigenvalue weighted by atomic mass is 32.2. The number of aromatic nitrogens is 3. The Hall–Kier alpha value is -2.45. The predicted octanol–water partition coefficient (Wildman–Crippen LogP) is 1.22. The summed E-state index contributed by atoms with van der Waals surface area (Å²) in [6.45, 7) is 0.0860. The fraction of sp³-hybridized carbons (Fsp3) is 0.0769. The van der Waals surface area contributed by atoms with E-state index >= 15 is 0 Å². The molecule has 3 rings (SSSR count). The lowest BCUT2D eigenvalue weighted by atomic mass is 10.2. The van der Waals surface area contributed by atoms with Gasteiger partial charge in [-0.05, 0) is 12.1 Å². The molecule has 108 valence electrons. The standard InChI is InChI=1S/C13H13N5O2S/c14-6-10-7-16-17-13(10)21(19,20)18-11-5-9-3-1-2-4-12(9)15-8-11/h1-5,7-8,18H,6,14H2,(H,16,17). The van der Waals surface area contributed by atoms with Crippen LogP contribution in [-0.4, -0.2) is 23.6 Å². The zero-order chi connectivity index (χ0) is 14.9. The summed E-state index contributed by atoms with van der Waals surface area (Å²) in [7, 11) is -3.77. The lowest BCUT2D eigenvalue weighted by Crippen LogP contribution is -2.16. The number of anilines is 1. The van der Waals surface area contributed by atoms with Crippen LogP contribution >= 0.6 is 0 Å². The van der Waals surface area contributed by atoms with Crippen molar-refractivity contribution in [3.8, 4) is 0 Å². The van der Waals surface area contributed by atoms with Crippen LogP contribution in [0.2, 0.25) is 0 Å². The first-order valence-electron chi connectivity index (χ1n) is 6.20. The number of nitrogens with one attached hydrogen (secondary N) is 2. The first-order valence-corrected chi connectivity index (χ1v) is 7.68. The summed E-state index contributed by atoms with van der Waals surface area (Å²) in [5.41, 5.74) is 7.10. The van der Waals surface area contributed by atoms with Crippen LogP contribution in [0.5, 0.6) is 0 Å². The molecule has 3 aromatic rings. The number of nitrogens with zero attached hydrogens (tertiary/aromatic N) is 2. The Balaban J connectivity index is 1.97. The SMILES string of the molecule is NCc1cn[nH]c1S(=O)(=O)Nc1cnc2ccccc2c1. The van der Waals surface area contributed by atoms with Gasteiger partial charge in [0.25, 0.3) is 10.0 Å². The number of sulfonamides is 1. The molecule has 0 aliphatic carbocycles. The molecule has 7 nitrogen and oxygen atoms in total. The van der Waals surface area contributed by atoms with Gasteiger partial charge in [0.15, 0.2) is 5.03 Å². The normalized spacial score (nSPS) is 11.7. The molecule has 0 amide bonds. The number of H-pyrrole nitrogens is 1. The van der Waals surface area contributed by atoms with E-state index in [2.05, 4.69) is 19.9 Å². The summed E-state index contributed by atoms with van der Waals surface area (Å²) in [5, 5.41) is 6.98. The van der Waals surface area contributed by atoms with E-state index in [1.165, 1.54) is 12.4 Å². The minimum Gasteiger partial charge on any atom is -0.326 e. The van der Waals surface area contributed by atoms with E-state index in [4.69, 9.17) is 5.73 Å². The number of hydrogen-bond acceptors (Lipinski definition) is 5. The Morgan fingerprint density at radius 2 is 2.05 bits per heavy atom. The van der Waals surface area contributed by atoms with Crippen LogP contribution in [0.4, 0.5) is 5.69 Å². The number of pyridine rings is 1. The van der Waals surface area contributed by atoms with Crippen molar-refractivity contribution < 1.29 is 8.42 Å². The van der Waals surface area contributed by atoms with Gasteiger partial charge in [-0.2, -0.15) is 13.5 Å². The van der Waals surface area contributed by atoms with Crippen LogP contribution in [0.25, 0.3) is 10.9 Å². The third-order valence-corrected chi connectivity index (χ3v) is 4.40. The molecule has 0 atom stereocenters. The Labute approximate surface area is 121 Å². The third-order valence-electron chi connectivity index (χ3n) is 3.01. The number of aromatic amines is 1. The summed E-state index contributed by atoms with van der Waals surface area (Å²) < 4.78 is 27.1. The molecule has 8 heteroatoms. The molecule has 0 aliphatic rings. The second kappa shape index (κ2) is 5.15. The average Bonchev–Trinajstić information content (AvgIpc) is 2.96. The number of para-hydroxylation sites is 1. The monoisotopic (exact) mass is 303 g/mol. The molecule has 2 heterocycles. The first-order chi connectivity index (χ1) is 10.1. The van der Waals surface area contributed by atoms with Crippen LogP contribution < -0.4 is 10.5 Å². The number of hydrogen-bond donors (Lipinski definition) is 3. The minimum atomic E-state index is -3.77. The summed E-state index contributed by atoms with van der Waals surface area (Å²) in [4.78, 5) is 4.21. The number of benzene rings is 1. The van der Waals surface area contributed by atoms with Gasteiger partial charge in [0, 0.05) is 17.5 Å². The van der Waals surface area contributed by atoms with Crippen LogP contribution in [0.1, 0.15) is 5.56 Å². The van der Waals surface area contributed by atoms with Gasteiger partial charge in [-0.15, -0.1) is 0 Å². The van der Waals surface area contributed by atoms with Gasteiger partial charge in [-0.3, -0.25) is 14.8 Å². The zero-order valence-electron chi connectivity index (χ0n) is 10.9. The molecular weight excluding hydrogens is 290 g/mol. The zero-order valence-corrected chi connectivity index (χ0v) is 11.8. The van der Waals surface area contributed by atoms with Gasteiger partial charge in [0.1, 0.15) is 0 Å². The smallest absolute Gasteiger partial charge is 0.279 e. The van der Waals surface area contributed by atoms with Crippen LogP contribution in [0, 0.1) is 0 Å². The molecule has 0 fully saturated rings. The molecule has 21 heavy (non-hydrogen) atoms. The molecule has 0 aliphatic heterocycles. The summed E-state index contributed by atoms with van der Waals surface area (Å²) in [6.07, 6.45) is 2.87. The van der Waals surface area contributed by atoms with E-state index in [1.54, 1.807) is 6.07 Å². The molecule has 0 radical (unpaired) electrons. The van der Waals surface area contributed by atoms with E-state index in [0.717, 1.165) is 10.9 Å². The Morgan fingerprint density at radius 3 is 2.86 bits per heavy atom. The van der Waals surface area contributed by atoms with E-state index in [-0.39, 0.29) is 11.6 Å². The molecule has 0 saturated heterocycles. The maximum Gasteiger partial charge on any atom is 0.279 e. The van der Waals surface area contributed by atoms with E-state index in [1.807, 2.05) is 24.3 Å². The van der Waals surface area contributed by atoms with Gasteiger partial charge in [-0.1, -0.05) is 18.2 Å². The molecular formula is C13H13N5O2S. The molecule has 4 N–H and O–H groups in total. The number of fused-ring (bicyclic) bond motifs is 1. The number of rotatable bonds is 4. The van der Waals surface area contributed by atoms with Crippen LogP contribution in [-0.2, 0) is 16.6 Å². The molecule has 0 saturated carbocycles. The topological polar surface area (TPSA) is 114 Å². The second-order valence-corrected chi connectivity index (χ2v) is 6.07. The van der Waals surface area contributed by atoms with Crippen molar-refractivity contribution in [1.29, 1.82) is 0 Å². The highest BCUT2D eigenvalue weighted by Crippen LogP contribution is 2.20. The first kappa shape index (κ1) is 13.5. The fourth-order valence-electron chi connectivity index (χ4n) is 2.01. The lowest BCUT2D eigenvalue weighted by Gasteiger charge is -2.08. The Kier molecular flexibility index (Phi) is 3.32. The second-order valence-electron chi connectivity index (χ2n) is 4.45. The highest BCUT2D eigenvalue weighted by Gasteiger charge is 2.20. The molecule has 0 spiro atoms. The van der Waals surface area contributed by atoms with E-state index in [0.29, 0.717) is 11.3 Å². The largest absolute Gasteiger partial charge is 0.326 e. The summed E-state index contributed by atoms with van der Waals surface area (Å²) >= 11 is 0. The van der Waals surface area contributed by atoms with Gasteiger partial charge in [0.2, 0.25) is 0 Å². The van der Waals surface area contributed by atoms with Crippen molar-refractivity contribution in [3.63, 3.8) is 0 Å². The summed E-state index contributed by atoms with van der Waals surface area (Å²) in [5.74, 6) is 0. The highest BCUT2D eigenvalue weighted by molar-refractivity contribution is 7.92. The lowest BCUT2D eigenvalue weighted by molar-refractivity contribution is 0.596. The van der Waals surface area contributed by atoms with Gasteiger partial charge in [-0.25, -0.2) is 0 Å². The van der Waals surface area contributed by atoms with Gasteiger partial charge in [0.05, 0.1) is 23.6 Å². The fourth-order valence-corrected chi connectivity index (χ4v) is 3.19. The van der Waals surface area contributed by atoms with Crippen molar-refractivity contribution >= 4 is 26.6 Å². The maximum atomic E-state index is 12.3. The predicted molar refractivity (Wildman–Crippen MR) is 79.0 cm³/mol. The van der Waals surface area contributed by atoms with Gasteiger partial charge >= 0.3 is 0 Å². The quantitative estimate of drug-likeness (QED) is 0.670. The molecule has 2 aromatic heterocycles. The van der Waals surface area contributed by atoms with Crippen molar-refractivity contribution in [2.24, 2.45) is 5.73 Å². The van der Waals surface area contributed by atoms with Crippen molar-refractivity contribution in [1.82, 2.24) is 15.2 Å². The van der Waals surface area contributed by atoms with Crippen molar-refractivity contribution in [2.75, 3.05) is 4.72 Å². The van der Waals surface area contributed by atoms with Gasteiger partial charge < -0.3 is 5.73 Å². The minimum absolute atomic E-state index is 0.0295. The molecule has 0 bridgehead atoms. The maximum absolute atomic E-state index is 12.3. The number of nitrogens with two attached hydrogens (primary N) is 1. The van der Waals surface area contributed by atoms with E-state index < -0.39 is 10.0 Å². The third kappa shape index (κ3) is 2.58. The Morgan fingerprint density at radius 1 is 1.24 bits per heavy atom. The molecule has 0 unspecified atom stereocenters. The summed E-state index contributed by atoms with van der Waals surface area (Å²) in [6, 6.07) is 9.18. The van der Waals surface area contributed by atoms with Crippen LogP contribution in [0.15, 0.2) is 47.8 Å².